The molecule has 6 nitrogen and oxygen atoms in total. The van der Waals surface area contributed by atoms with Crippen molar-refractivity contribution in [2.24, 2.45) is 23.2 Å². The number of halogens is 1. The molecule has 0 spiro atoms. The first-order valence-electron chi connectivity index (χ1n) is 11.7. The lowest BCUT2D eigenvalue weighted by atomic mass is 9.49. The van der Waals surface area contributed by atoms with E-state index in [9.17, 15) is 8.42 Å². The van der Waals surface area contributed by atoms with Crippen molar-refractivity contribution < 1.29 is 8.42 Å². The molecule has 4 aliphatic carbocycles. The van der Waals surface area contributed by atoms with Gasteiger partial charge in [0.1, 0.15) is 17.0 Å². The largest absolute Gasteiger partial charge is 0.369 e. The van der Waals surface area contributed by atoms with Crippen molar-refractivity contribution >= 4 is 27.4 Å². The Balaban J connectivity index is 1.20. The third-order valence-electron chi connectivity index (χ3n) is 8.22. The molecular formula is C24H29ClN4O2S. The van der Waals surface area contributed by atoms with E-state index >= 15 is 0 Å². The zero-order valence-electron chi connectivity index (χ0n) is 18.1. The summed E-state index contributed by atoms with van der Waals surface area (Å²) >= 11 is 6.18. The van der Waals surface area contributed by atoms with Gasteiger partial charge in [-0.3, -0.25) is 0 Å². The lowest BCUT2D eigenvalue weighted by molar-refractivity contribution is -0.0444. The van der Waals surface area contributed by atoms with Crippen LogP contribution in [0.4, 0.5) is 5.82 Å². The van der Waals surface area contributed by atoms with Crippen LogP contribution in [0.2, 0.25) is 5.02 Å². The minimum atomic E-state index is -3.67. The lowest BCUT2D eigenvalue weighted by Crippen LogP contribution is -2.49. The minimum Gasteiger partial charge on any atom is -0.369 e. The second-order valence-electron chi connectivity index (χ2n) is 10.4. The second-order valence-corrected chi connectivity index (χ2v) is 12.8. The van der Waals surface area contributed by atoms with Crippen LogP contribution in [0, 0.1) is 23.2 Å². The predicted octanol–water partition coefficient (Wildman–Crippen LogP) is 4.51. The third-order valence-corrected chi connectivity index (χ3v) is 10.6. The number of hydrogen-bond acceptors (Lipinski definition) is 5. The molecule has 8 heteroatoms. The first-order valence-corrected chi connectivity index (χ1v) is 13.5. The molecule has 2 heterocycles. The Morgan fingerprint density at radius 3 is 2.44 bits per heavy atom. The zero-order chi connectivity index (χ0) is 21.9. The summed E-state index contributed by atoms with van der Waals surface area (Å²) in [7, 11) is -3.67. The highest BCUT2D eigenvalue weighted by Gasteiger charge is 2.50. The van der Waals surface area contributed by atoms with Gasteiger partial charge >= 0.3 is 0 Å². The summed E-state index contributed by atoms with van der Waals surface area (Å²) in [5.41, 5.74) is 2.26. The molecule has 170 valence electrons. The van der Waals surface area contributed by atoms with E-state index in [2.05, 4.69) is 15.3 Å². The fraction of sp³-hybridized carbons (Fsp3) is 0.583. The molecule has 1 aromatic heterocycles. The third kappa shape index (κ3) is 3.53. The van der Waals surface area contributed by atoms with E-state index < -0.39 is 10.0 Å². The minimum absolute atomic E-state index is 0.152. The molecule has 1 aromatic carbocycles. The van der Waals surface area contributed by atoms with Crippen molar-refractivity contribution in [3.8, 4) is 0 Å². The molecular weight excluding hydrogens is 444 g/mol. The van der Waals surface area contributed by atoms with Crippen LogP contribution in [0.1, 0.15) is 49.8 Å². The van der Waals surface area contributed by atoms with Crippen molar-refractivity contribution in [1.82, 2.24) is 14.3 Å². The Kier molecular flexibility index (Phi) is 5.01. The van der Waals surface area contributed by atoms with E-state index in [1.165, 1.54) is 42.8 Å². The molecule has 0 atom stereocenters. The Labute approximate surface area is 194 Å². The van der Waals surface area contributed by atoms with Gasteiger partial charge < -0.3 is 5.32 Å². The first kappa shape index (κ1) is 20.9. The molecule has 0 amide bonds. The number of nitrogens with zero attached hydrogens (tertiary/aromatic N) is 3. The maximum absolute atomic E-state index is 13.2. The summed E-state index contributed by atoms with van der Waals surface area (Å²) in [4.78, 5) is 9.15. The van der Waals surface area contributed by atoms with Crippen LogP contribution >= 0.6 is 11.6 Å². The highest BCUT2D eigenvalue weighted by atomic mass is 35.5. The number of anilines is 1. The molecule has 1 N–H and O–H groups in total. The topological polar surface area (TPSA) is 75.2 Å². The standard InChI is InChI=1S/C24H29ClN4O2S/c25-20-3-1-2-4-22(20)32(30,31)29-6-5-19-21(13-29)27-15-28-23(19)26-14-24-10-16-7-17(11-24)9-18(8-16)12-24/h1-4,15-18H,5-14H2,(H,26,27,28). The van der Waals surface area contributed by atoms with Gasteiger partial charge in [-0.05, 0) is 80.2 Å². The number of nitrogens with one attached hydrogen (secondary N) is 1. The monoisotopic (exact) mass is 472 g/mol. The van der Waals surface area contributed by atoms with Gasteiger partial charge in [0.15, 0.2) is 0 Å². The number of rotatable bonds is 5. The summed E-state index contributed by atoms with van der Waals surface area (Å²) in [5, 5.41) is 3.93. The highest BCUT2D eigenvalue weighted by molar-refractivity contribution is 7.89. The van der Waals surface area contributed by atoms with Crippen molar-refractivity contribution in [2.75, 3.05) is 18.4 Å². The zero-order valence-corrected chi connectivity index (χ0v) is 19.7. The van der Waals surface area contributed by atoms with Crippen LogP contribution in [0.3, 0.4) is 0 Å². The van der Waals surface area contributed by atoms with E-state index in [0.29, 0.717) is 18.4 Å². The van der Waals surface area contributed by atoms with Crippen LogP contribution in [0.25, 0.3) is 0 Å². The average Bonchev–Trinajstić information content (AvgIpc) is 2.76. The molecule has 0 saturated heterocycles. The van der Waals surface area contributed by atoms with Crippen molar-refractivity contribution in [1.29, 1.82) is 0 Å². The van der Waals surface area contributed by atoms with E-state index in [1.807, 2.05) is 0 Å². The number of sulfonamides is 1. The van der Waals surface area contributed by atoms with Crippen molar-refractivity contribution in [2.45, 2.75) is 56.4 Å². The van der Waals surface area contributed by atoms with Crippen LogP contribution in [-0.2, 0) is 23.0 Å². The van der Waals surface area contributed by atoms with E-state index in [1.54, 1.807) is 30.6 Å². The van der Waals surface area contributed by atoms with Crippen LogP contribution in [0.15, 0.2) is 35.5 Å². The Morgan fingerprint density at radius 1 is 1.06 bits per heavy atom. The first-order chi connectivity index (χ1) is 15.4. The number of hydrogen-bond donors (Lipinski definition) is 1. The number of fused-ring (bicyclic) bond motifs is 1. The molecule has 32 heavy (non-hydrogen) atoms. The molecule has 4 saturated carbocycles. The molecule has 4 bridgehead atoms. The van der Waals surface area contributed by atoms with Crippen molar-refractivity contribution in [3.63, 3.8) is 0 Å². The second kappa shape index (κ2) is 7.67. The van der Waals surface area contributed by atoms with E-state index in [0.717, 1.165) is 41.4 Å². The molecule has 5 aliphatic rings. The van der Waals surface area contributed by atoms with Gasteiger partial charge in [-0.25, -0.2) is 18.4 Å². The van der Waals surface area contributed by atoms with Gasteiger partial charge in [0, 0.05) is 18.7 Å². The highest BCUT2D eigenvalue weighted by Crippen LogP contribution is 2.59. The predicted molar refractivity (Wildman–Crippen MR) is 124 cm³/mol. The SMILES string of the molecule is O=S(=O)(c1ccccc1Cl)N1CCc2c(ncnc2NCC23CC4CC(CC(C4)C2)C3)C1. The quantitative estimate of drug-likeness (QED) is 0.693. The van der Waals surface area contributed by atoms with Gasteiger partial charge in [0.05, 0.1) is 17.3 Å². The van der Waals surface area contributed by atoms with Crippen LogP contribution in [-0.4, -0.2) is 35.8 Å². The van der Waals surface area contributed by atoms with E-state index in [4.69, 9.17) is 11.6 Å². The fourth-order valence-corrected chi connectivity index (χ4v) is 9.15. The van der Waals surface area contributed by atoms with Gasteiger partial charge in [-0.1, -0.05) is 23.7 Å². The molecule has 4 fully saturated rings. The smallest absolute Gasteiger partial charge is 0.244 e. The molecule has 0 radical (unpaired) electrons. The van der Waals surface area contributed by atoms with E-state index in [-0.39, 0.29) is 16.5 Å². The average molecular weight is 473 g/mol. The maximum atomic E-state index is 13.2. The fourth-order valence-electron chi connectivity index (χ4n) is 7.26. The van der Waals surface area contributed by atoms with Crippen molar-refractivity contribution in [3.05, 3.63) is 46.9 Å². The summed E-state index contributed by atoms with van der Waals surface area (Å²) in [6.45, 7) is 1.62. The van der Waals surface area contributed by atoms with Gasteiger partial charge in [-0.15, -0.1) is 0 Å². The molecule has 1 aliphatic heterocycles. The van der Waals surface area contributed by atoms with Gasteiger partial charge in [0.25, 0.3) is 0 Å². The Bertz CT molecular complexity index is 1120. The van der Waals surface area contributed by atoms with Crippen LogP contribution in [0.5, 0.6) is 0 Å². The summed E-state index contributed by atoms with van der Waals surface area (Å²) in [6.07, 6.45) is 10.5. The van der Waals surface area contributed by atoms with Crippen LogP contribution < -0.4 is 5.32 Å². The van der Waals surface area contributed by atoms with Gasteiger partial charge in [-0.2, -0.15) is 4.31 Å². The Hall–Kier alpha value is -1.70. The van der Waals surface area contributed by atoms with Gasteiger partial charge in [0.2, 0.25) is 10.0 Å². The summed E-state index contributed by atoms with van der Waals surface area (Å²) in [5.74, 6) is 3.66. The normalized spacial score (nSPS) is 31.5. The lowest BCUT2D eigenvalue weighted by Gasteiger charge is -2.57. The Morgan fingerprint density at radius 2 is 1.75 bits per heavy atom. The summed E-state index contributed by atoms with van der Waals surface area (Å²) in [6, 6.07) is 6.61. The molecule has 2 aromatic rings. The summed E-state index contributed by atoms with van der Waals surface area (Å²) < 4.78 is 27.8. The number of benzene rings is 1. The molecule has 0 unspecified atom stereocenters. The molecule has 7 rings (SSSR count). The maximum Gasteiger partial charge on any atom is 0.244 e. The number of aromatic nitrogens is 2.